The Hall–Kier alpha value is -2.64. The Morgan fingerprint density at radius 3 is 2.48 bits per heavy atom. The molecule has 0 aliphatic carbocycles. The maximum absolute atomic E-state index is 13.3. The van der Waals surface area contributed by atoms with Gasteiger partial charge in [-0.3, -0.25) is 4.79 Å². The first kappa shape index (κ1) is 19.7. The number of para-hydroxylation sites is 1. The van der Waals surface area contributed by atoms with Crippen LogP contribution in [-0.2, 0) is 21.4 Å². The normalized spacial score (nSPS) is 18.4. The summed E-state index contributed by atoms with van der Waals surface area (Å²) in [4.78, 5) is 11.7. The number of hydrogen-bond donors (Lipinski definition) is 1. The van der Waals surface area contributed by atoms with Crippen molar-refractivity contribution in [3.05, 3.63) is 65.9 Å². The van der Waals surface area contributed by atoms with Crippen LogP contribution in [-0.4, -0.2) is 34.9 Å². The molecule has 4 rings (SSSR count). The Kier molecular flexibility index (Phi) is 4.96. The zero-order chi connectivity index (χ0) is 20.8. The van der Waals surface area contributed by atoms with Crippen LogP contribution in [0.2, 0.25) is 0 Å². The molecule has 0 saturated carbocycles. The molecule has 1 aliphatic rings. The summed E-state index contributed by atoms with van der Waals surface area (Å²) in [6.07, 6.45) is 2.54. The van der Waals surface area contributed by atoms with Crippen LogP contribution in [0.4, 0.5) is 0 Å². The van der Waals surface area contributed by atoms with Gasteiger partial charge in [0.1, 0.15) is 6.54 Å². The Labute approximate surface area is 170 Å². The molecule has 0 saturated heterocycles. The first-order valence-corrected chi connectivity index (χ1v) is 11.1. The van der Waals surface area contributed by atoms with E-state index >= 15 is 0 Å². The minimum Gasteiger partial charge on any atom is -0.480 e. The van der Waals surface area contributed by atoms with Crippen molar-refractivity contribution in [2.45, 2.75) is 37.8 Å². The highest BCUT2D eigenvalue weighted by molar-refractivity contribution is 7.89. The maximum atomic E-state index is 13.3. The Morgan fingerprint density at radius 1 is 1.07 bits per heavy atom. The van der Waals surface area contributed by atoms with E-state index in [1.165, 1.54) is 0 Å². The van der Waals surface area contributed by atoms with E-state index in [2.05, 4.69) is 13.8 Å². The lowest BCUT2D eigenvalue weighted by molar-refractivity contribution is -0.137. The Balaban J connectivity index is 1.93. The predicted octanol–water partition coefficient (Wildman–Crippen LogP) is 3.87. The van der Waals surface area contributed by atoms with Crippen LogP contribution in [0, 0.1) is 5.92 Å². The molecule has 0 fully saturated rings. The summed E-state index contributed by atoms with van der Waals surface area (Å²) in [5.74, 6) is -0.573. The Morgan fingerprint density at radius 2 is 1.76 bits per heavy atom. The van der Waals surface area contributed by atoms with E-state index in [0.717, 1.165) is 28.5 Å². The largest absolute Gasteiger partial charge is 0.480 e. The molecule has 6 nitrogen and oxygen atoms in total. The highest BCUT2D eigenvalue weighted by atomic mass is 32.2. The third kappa shape index (κ3) is 3.34. The lowest BCUT2D eigenvalue weighted by atomic mass is 9.97. The standard InChI is InChI=1S/C22H24N2O4S/c1-15(2)11-12-24-22(17-8-4-6-10-20(17)29(24,27)28)18-13-23(14-21(25)26)19-9-5-3-7-16(18)19/h3-10,13,15,22H,11-12,14H2,1-2H3,(H,25,26). The molecule has 2 aromatic carbocycles. The van der Waals surface area contributed by atoms with Gasteiger partial charge in [-0.1, -0.05) is 50.2 Å². The average molecular weight is 413 g/mol. The van der Waals surface area contributed by atoms with E-state index in [-0.39, 0.29) is 6.54 Å². The highest BCUT2D eigenvalue weighted by Crippen LogP contribution is 2.45. The van der Waals surface area contributed by atoms with Gasteiger partial charge in [0, 0.05) is 29.2 Å². The molecule has 3 aromatic rings. The molecule has 0 radical (unpaired) electrons. The summed E-state index contributed by atoms with van der Waals surface area (Å²) in [5.41, 5.74) is 2.35. The maximum Gasteiger partial charge on any atom is 0.323 e. The molecule has 0 bridgehead atoms. The number of rotatable bonds is 6. The van der Waals surface area contributed by atoms with Crippen LogP contribution >= 0.6 is 0 Å². The molecule has 1 aromatic heterocycles. The number of carboxylic acids is 1. The van der Waals surface area contributed by atoms with Crippen molar-refractivity contribution in [2.24, 2.45) is 5.92 Å². The van der Waals surface area contributed by atoms with E-state index in [9.17, 15) is 18.3 Å². The smallest absolute Gasteiger partial charge is 0.323 e. The topological polar surface area (TPSA) is 79.6 Å². The van der Waals surface area contributed by atoms with Crippen LogP contribution in [0.25, 0.3) is 10.9 Å². The van der Waals surface area contributed by atoms with Gasteiger partial charge in [0.05, 0.1) is 10.9 Å². The number of hydrogen-bond acceptors (Lipinski definition) is 3. The van der Waals surface area contributed by atoms with Crippen molar-refractivity contribution in [3.63, 3.8) is 0 Å². The molecule has 7 heteroatoms. The van der Waals surface area contributed by atoms with Gasteiger partial charge in [-0.25, -0.2) is 8.42 Å². The van der Waals surface area contributed by atoms with E-state index in [0.29, 0.717) is 17.4 Å². The average Bonchev–Trinajstić information content (AvgIpc) is 3.12. The number of carboxylic acid groups (broad SMARTS) is 1. The minimum atomic E-state index is -3.61. The monoisotopic (exact) mass is 412 g/mol. The molecule has 1 unspecified atom stereocenters. The third-order valence-electron chi connectivity index (χ3n) is 5.43. The first-order valence-electron chi connectivity index (χ1n) is 9.71. The lowest BCUT2D eigenvalue weighted by Crippen LogP contribution is -2.30. The summed E-state index contributed by atoms with van der Waals surface area (Å²) in [6.45, 7) is 4.39. The van der Waals surface area contributed by atoms with Gasteiger partial charge >= 0.3 is 5.97 Å². The molecule has 2 heterocycles. The predicted molar refractivity (Wildman–Crippen MR) is 111 cm³/mol. The fourth-order valence-electron chi connectivity index (χ4n) is 4.09. The van der Waals surface area contributed by atoms with Crippen molar-refractivity contribution in [1.29, 1.82) is 0 Å². The second-order valence-corrected chi connectivity index (χ2v) is 9.72. The van der Waals surface area contributed by atoms with E-state index in [1.54, 1.807) is 27.2 Å². The van der Waals surface area contributed by atoms with Crippen molar-refractivity contribution >= 4 is 26.9 Å². The first-order chi connectivity index (χ1) is 13.8. The minimum absolute atomic E-state index is 0.173. The third-order valence-corrected chi connectivity index (χ3v) is 7.37. The van der Waals surface area contributed by atoms with Crippen molar-refractivity contribution in [3.8, 4) is 0 Å². The van der Waals surface area contributed by atoms with Crippen LogP contribution in [0.5, 0.6) is 0 Å². The fourth-order valence-corrected chi connectivity index (χ4v) is 5.92. The highest BCUT2D eigenvalue weighted by Gasteiger charge is 2.43. The molecular weight excluding hydrogens is 388 g/mol. The second kappa shape index (κ2) is 7.31. The number of carbonyl (C=O) groups is 1. The van der Waals surface area contributed by atoms with Gasteiger partial charge in [0.25, 0.3) is 0 Å². The fraction of sp³-hybridized carbons (Fsp3) is 0.318. The number of aliphatic carboxylic acids is 1. The summed E-state index contributed by atoms with van der Waals surface area (Å²) < 4.78 is 29.9. The van der Waals surface area contributed by atoms with Gasteiger partial charge in [-0.2, -0.15) is 4.31 Å². The van der Waals surface area contributed by atoms with Gasteiger partial charge in [0.2, 0.25) is 10.0 Å². The van der Waals surface area contributed by atoms with Crippen LogP contribution in [0.3, 0.4) is 0 Å². The van der Waals surface area contributed by atoms with Gasteiger partial charge in [-0.15, -0.1) is 0 Å². The van der Waals surface area contributed by atoms with Gasteiger partial charge < -0.3 is 9.67 Å². The van der Waals surface area contributed by atoms with E-state index in [1.807, 2.05) is 36.4 Å². The number of benzene rings is 2. The second-order valence-electron chi connectivity index (χ2n) is 7.86. The summed E-state index contributed by atoms with van der Waals surface area (Å²) in [6, 6.07) is 14.2. The molecule has 0 amide bonds. The molecule has 1 N–H and O–H groups in total. The van der Waals surface area contributed by atoms with Crippen LogP contribution < -0.4 is 0 Å². The molecule has 29 heavy (non-hydrogen) atoms. The molecule has 0 spiro atoms. The quantitative estimate of drug-likeness (QED) is 0.667. The number of nitrogens with zero attached hydrogens (tertiary/aromatic N) is 2. The summed E-state index contributed by atoms with van der Waals surface area (Å²) >= 11 is 0. The van der Waals surface area contributed by atoms with E-state index in [4.69, 9.17) is 0 Å². The van der Waals surface area contributed by atoms with E-state index < -0.39 is 22.0 Å². The van der Waals surface area contributed by atoms with Crippen molar-refractivity contribution in [1.82, 2.24) is 8.87 Å². The molecule has 152 valence electrons. The van der Waals surface area contributed by atoms with Gasteiger partial charge in [-0.05, 0) is 30.0 Å². The summed E-state index contributed by atoms with van der Waals surface area (Å²) in [5, 5.41) is 10.2. The number of sulfonamides is 1. The van der Waals surface area contributed by atoms with Crippen molar-refractivity contribution in [2.75, 3.05) is 6.54 Å². The summed E-state index contributed by atoms with van der Waals surface area (Å²) in [7, 11) is -3.61. The zero-order valence-corrected chi connectivity index (χ0v) is 17.3. The lowest BCUT2D eigenvalue weighted by Gasteiger charge is -2.24. The van der Waals surface area contributed by atoms with Crippen LogP contribution in [0.15, 0.2) is 59.6 Å². The van der Waals surface area contributed by atoms with Crippen LogP contribution in [0.1, 0.15) is 37.4 Å². The van der Waals surface area contributed by atoms with Crippen molar-refractivity contribution < 1.29 is 18.3 Å². The van der Waals surface area contributed by atoms with Gasteiger partial charge in [0.15, 0.2) is 0 Å². The Bertz CT molecular complexity index is 1180. The number of fused-ring (bicyclic) bond motifs is 2. The zero-order valence-electron chi connectivity index (χ0n) is 16.4. The SMILES string of the molecule is CC(C)CCN1C(c2cn(CC(=O)O)c3ccccc23)c2ccccc2S1(=O)=O. The number of aromatic nitrogens is 1. The molecule has 1 aliphatic heterocycles. The molecule has 1 atom stereocenters. The molecular formula is C22H24N2O4S.